The van der Waals surface area contributed by atoms with Crippen molar-refractivity contribution < 1.29 is 35.4 Å². The number of rotatable bonds is 4. The lowest BCUT2D eigenvalue weighted by molar-refractivity contribution is 0.355. The molecule has 2 N–H and O–H groups in total. The Morgan fingerprint density at radius 3 is 1.97 bits per heavy atom. The molecule has 0 fully saturated rings. The molecule has 0 radical (unpaired) electrons. The number of halogens is 2. The van der Waals surface area contributed by atoms with Crippen LogP contribution in [0.25, 0.3) is 21.8 Å². The molecule has 0 aliphatic rings. The normalized spacial score (nSPS) is 17.6. The Morgan fingerprint density at radius 1 is 0.781 bits per heavy atom. The SMILES string of the molecule is [2H]C([2H])([2H])Oc1cc2[nH]c(=O)[nH]c(=O)c2cc1OC([2H])([2H])[2H].[2H]C([2H])([2H])Oc1cc2nc(Cl)nc(Cl)c2cc1OC([2H])([2H])[2H]. The number of nitrogens with one attached hydrogen (secondary N) is 2. The minimum atomic E-state index is -2.88. The first-order valence-corrected chi connectivity index (χ1v) is 8.88. The van der Waals surface area contributed by atoms with Gasteiger partial charge in [-0.2, -0.15) is 0 Å². The molecule has 0 unspecified atom stereocenters. The fourth-order valence-electron chi connectivity index (χ4n) is 2.57. The zero-order chi connectivity index (χ0) is 33.4. The van der Waals surface area contributed by atoms with Gasteiger partial charge < -0.3 is 23.9 Å². The number of hydrogen-bond acceptors (Lipinski definition) is 8. The topological polar surface area (TPSA) is 128 Å². The molecular weight excluding hydrogens is 463 g/mol. The van der Waals surface area contributed by atoms with Crippen molar-refractivity contribution in [3.8, 4) is 23.0 Å². The van der Waals surface area contributed by atoms with Crippen molar-refractivity contribution in [3.63, 3.8) is 0 Å². The van der Waals surface area contributed by atoms with Crippen LogP contribution in [0.15, 0.2) is 33.9 Å². The third-order valence-electron chi connectivity index (χ3n) is 3.93. The van der Waals surface area contributed by atoms with E-state index in [4.69, 9.17) is 49.1 Å². The van der Waals surface area contributed by atoms with Gasteiger partial charge in [0, 0.05) is 17.5 Å². The van der Waals surface area contributed by atoms with Crippen LogP contribution in [0.2, 0.25) is 10.4 Å². The van der Waals surface area contributed by atoms with Crippen LogP contribution in [0.1, 0.15) is 16.4 Å². The fourth-order valence-corrected chi connectivity index (χ4v) is 3.02. The largest absolute Gasteiger partial charge is 0.493 e. The Kier molecular flexibility index (Phi) is 3.64. The molecule has 32 heavy (non-hydrogen) atoms. The number of methoxy groups -OCH3 is 4. The number of benzene rings is 2. The number of aromatic nitrogens is 4. The molecule has 0 atom stereocenters. The molecular formula is C20H18Cl2N4O6. The number of nitrogens with zero attached hydrogens (tertiary/aromatic N) is 2. The van der Waals surface area contributed by atoms with E-state index < -0.39 is 50.9 Å². The minimum absolute atomic E-state index is 0.0223. The van der Waals surface area contributed by atoms with E-state index in [9.17, 15) is 9.59 Å². The maximum Gasteiger partial charge on any atom is 0.326 e. The molecule has 0 saturated carbocycles. The van der Waals surface area contributed by atoms with Crippen LogP contribution in [0.5, 0.6) is 23.0 Å². The maximum atomic E-state index is 11.7. The van der Waals surface area contributed by atoms with Crippen molar-refractivity contribution in [2.75, 3.05) is 28.2 Å². The summed E-state index contributed by atoms with van der Waals surface area (Å²) < 4.78 is 104. The summed E-state index contributed by atoms with van der Waals surface area (Å²) in [5, 5.41) is -0.0346. The van der Waals surface area contributed by atoms with Gasteiger partial charge in [0.15, 0.2) is 23.0 Å². The molecule has 12 heteroatoms. The van der Waals surface area contributed by atoms with Gasteiger partial charge in [0.1, 0.15) is 5.15 Å². The molecule has 2 aromatic carbocycles. The Hall–Kier alpha value is -3.50. The predicted octanol–water partition coefficient (Wildman–Crippen LogP) is 3.19. The zero-order valence-corrected chi connectivity index (χ0v) is 16.9. The van der Waals surface area contributed by atoms with Gasteiger partial charge in [-0.15, -0.1) is 0 Å². The highest BCUT2D eigenvalue weighted by atomic mass is 35.5. The van der Waals surface area contributed by atoms with E-state index in [1.807, 2.05) is 4.98 Å². The van der Waals surface area contributed by atoms with Crippen LogP contribution in [-0.4, -0.2) is 48.1 Å². The second-order valence-electron chi connectivity index (χ2n) is 5.76. The standard InChI is InChI=1S/C10H8Cl2N2O2.C10H10N2O4/c1-15-7-3-5-6(4-8(7)16-2)13-10(12)14-9(5)11;1-15-7-3-5-6(4-8(7)16-2)11-10(14)12-9(5)13/h3-4H,1-2H3;3-4H,1-2H3,(H2,11,12,13,14)/i2*1D3,2D3. The molecule has 0 aliphatic carbocycles. The highest BCUT2D eigenvalue weighted by molar-refractivity contribution is 6.35. The fraction of sp³-hybridized carbons (Fsp3) is 0.200. The lowest BCUT2D eigenvalue weighted by atomic mass is 10.2. The molecule has 2 heterocycles. The molecule has 2 aromatic heterocycles. The molecule has 0 amide bonds. The maximum absolute atomic E-state index is 11.7. The number of aromatic amines is 2. The summed E-state index contributed by atoms with van der Waals surface area (Å²) in [5.74, 6) is -1.54. The molecule has 0 bridgehead atoms. The van der Waals surface area contributed by atoms with Crippen LogP contribution in [0.4, 0.5) is 0 Å². The Balaban J connectivity index is 0.000000240. The summed E-state index contributed by atoms with van der Waals surface area (Å²) in [6.45, 7) is 0. The van der Waals surface area contributed by atoms with Crippen molar-refractivity contribution in [2.45, 2.75) is 0 Å². The first-order valence-electron chi connectivity index (χ1n) is 14.1. The van der Waals surface area contributed by atoms with Crippen molar-refractivity contribution in [2.24, 2.45) is 0 Å². The summed E-state index contributed by atoms with van der Waals surface area (Å²) in [7, 11) is -11.4. The van der Waals surface area contributed by atoms with E-state index in [1.54, 1.807) is 0 Å². The van der Waals surface area contributed by atoms with Gasteiger partial charge >= 0.3 is 5.69 Å². The second kappa shape index (κ2) is 9.75. The molecule has 0 saturated heterocycles. The van der Waals surface area contributed by atoms with E-state index in [0.717, 1.165) is 12.1 Å². The lowest BCUT2D eigenvalue weighted by Crippen LogP contribution is -2.21. The smallest absolute Gasteiger partial charge is 0.326 e. The Morgan fingerprint density at radius 2 is 1.34 bits per heavy atom. The zero-order valence-electron chi connectivity index (χ0n) is 27.4. The number of fused-ring (bicyclic) bond motifs is 2. The molecule has 4 aromatic rings. The van der Waals surface area contributed by atoms with Crippen molar-refractivity contribution >= 4 is 45.0 Å². The molecule has 10 nitrogen and oxygen atoms in total. The van der Waals surface area contributed by atoms with Gasteiger partial charge in [0.2, 0.25) is 5.28 Å². The summed E-state index contributed by atoms with van der Waals surface area (Å²) in [5.41, 5.74) is -1.43. The van der Waals surface area contributed by atoms with Crippen molar-refractivity contribution in [1.29, 1.82) is 0 Å². The van der Waals surface area contributed by atoms with E-state index in [2.05, 4.69) is 24.4 Å². The van der Waals surface area contributed by atoms with E-state index in [1.165, 1.54) is 12.1 Å². The van der Waals surface area contributed by atoms with Crippen LogP contribution < -0.4 is 30.2 Å². The summed E-state index contributed by atoms with van der Waals surface area (Å²) in [6, 6.07) is 4.35. The van der Waals surface area contributed by atoms with Gasteiger partial charge in [0.25, 0.3) is 5.56 Å². The number of ether oxygens (including phenoxy) is 4. The summed E-state index contributed by atoms with van der Waals surface area (Å²) in [4.78, 5) is 34.7. The Labute approximate surface area is 207 Å². The van der Waals surface area contributed by atoms with Crippen molar-refractivity contribution in [3.05, 3.63) is 55.5 Å². The van der Waals surface area contributed by atoms with Gasteiger partial charge in [-0.3, -0.25) is 9.78 Å². The quantitative estimate of drug-likeness (QED) is 0.328. The van der Waals surface area contributed by atoms with Crippen LogP contribution in [-0.2, 0) is 0 Å². The second-order valence-corrected chi connectivity index (χ2v) is 6.46. The summed E-state index contributed by atoms with van der Waals surface area (Å²) in [6.07, 6.45) is 0. The van der Waals surface area contributed by atoms with Crippen LogP contribution in [0.3, 0.4) is 0 Å². The monoisotopic (exact) mass is 492 g/mol. The highest BCUT2D eigenvalue weighted by Crippen LogP contribution is 2.34. The van der Waals surface area contributed by atoms with Gasteiger partial charge in [-0.05, 0) is 23.7 Å². The van der Waals surface area contributed by atoms with Gasteiger partial charge in [0.05, 0.1) is 61.0 Å². The molecule has 168 valence electrons. The third-order valence-corrected chi connectivity index (χ3v) is 4.39. The predicted molar refractivity (Wildman–Crippen MR) is 121 cm³/mol. The average molecular weight is 493 g/mol. The third kappa shape index (κ3) is 4.71. The molecule has 0 aliphatic heterocycles. The first-order chi connectivity index (χ1) is 19.9. The minimum Gasteiger partial charge on any atom is -0.493 e. The van der Waals surface area contributed by atoms with E-state index in [-0.39, 0.29) is 43.7 Å². The number of hydrogen-bond donors (Lipinski definition) is 2. The van der Waals surface area contributed by atoms with Crippen molar-refractivity contribution in [1.82, 2.24) is 19.9 Å². The van der Waals surface area contributed by atoms with Crippen LogP contribution in [0, 0.1) is 0 Å². The number of H-pyrrole nitrogens is 2. The Bertz CT molecular complexity index is 1800. The molecule has 4 rings (SSSR count). The highest BCUT2D eigenvalue weighted by Gasteiger charge is 2.11. The van der Waals surface area contributed by atoms with Crippen LogP contribution >= 0.6 is 23.2 Å². The lowest BCUT2D eigenvalue weighted by Gasteiger charge is -2.09. The average Bonchev–Trinajstić information content (AvgIpc) is 2.77. The first kappa shape index (κ1) is 11.9. The van der Waals surface area contributed by atoms with Gasteiger partial charge in [-0.1, -0.05) is 11.6 Å². The summed E-state index contributed by atoms with van der Waals surface area (Å²) >= 11 is 11.6. The van der Waals surface area contributed by atoms with E-state index >= 15 is 0 Å². The van der Waals surface area contributed by atoms with E-state index in [0.29, 0.717) is 0 Å². The van der Waals surface area contributed by atoms with Gasteiger partial charge in [-0.25, -0.2) is 14.8 Å². The molecule has 0 spiro atoms.